The molecule has 1 saturated heterocycles. The average Bonchev–Trinajstić information content (AvgIpc) is 2.39. The smallest absolute Gasteiger partial charge is 0.305 e. The number of aliphatic carboxylic acids is 1. The SMILES string of the molecule is CN1CCN(Cc2ccccc2)C(=O)C1CC(=O)O. The van der Waals surface area contributed by atoms with Gasteiger partial charge in [-0.25, -0.2) is 0 Å². The van der Waals surface area contributed by atoms with Gasteiger partial charge in [0.05, 0.1) is 12.5 Å². The number of hydrogen-bond donors (Lipinski definition) is 1. The van der Waals surface area contributed by atoms with Crippen molar-refractivity contribution in [2.75, 3.05) is 20.1 Å². The Morgan fingerprint density at radius 3 is 2.63 bits per heavy atom. The maximum absolute atomic E-state index is 12.3. The molecule has 5 nitrogen and oxygen atoms in total. The van der Waals surface area contributed by atoms with Crippen LogP contribution in [-0.4, -0.2) is 53.0 Å². The first-order valence-electron chi connectivity index (χ1n) is 6.32. The Balaban J connectivity index is 2.06. The number of piperazine rings is 1. The highest BCUT2D eigenvalue weighted by molar-refractivity contribution is 5.86. The van der Waals surface area contributed by atoms with Crippen molar-refractivity contribution in [3.8, 4) is 0 Å². The summed E-state index contributed by atoms with van der Waals surface area (Å²) in [6.45, 7) is 1.89. The van der Waals surface area contributed by atoms with Gasteiger partial charge in [0.2, 0.25) is 5.91 Å². The van der Waals surface area contributed by atoms with Crippen LogP contribution in [0.1, 0.15) is 12.0 Å². The third kappa shape index (κ3) is 3.32. The van der Waals surface area contributed by atoms with Gasteiger partial charge >= 0.3 is 5.97 Å². The van der Waals surface area contributed by atoms with Gasteiger partial charge in [0.15, 0.2) is 0 Å². The highest BCUT2D eigenvalue weighted by Crippen LogP contribution is 2.15. The standard InChI is InChI=1S/C14H18N2O3/c1-15-7-8-16(10-11-5-3-2-4-6-11)14(19)12(15)9-13(17)18/h2-6,12H,7-10H2,1H3,(H,17,18). The van der Waals surface area contributed by atoms with Crippen LogP contribution in [0.2, 0.25) is 0 Å². The van der Waals surface area contributed by atoms with E-state index in [2.05, 4.69) is 0 Å². The van der Waals surface area contributed by atoms with E-state index >= 15 is 0 Å². The van der Waals surface area contributed by atoms with Crippen molar-refractivity contribution >= 4 is 11.9 Å². The summed E-state index contributed by atoms with van der Waals surface area (Å²) in [6, 6.07) is 9.20. The van der Waals surface area contributed by atoms with Gasteiger partial charge in [-0.1, -0.05) is 30.3 Å². The largest absolute Gasteiger partial charge is 0.481 e. The number of carboxylic acid groups (broad SMARTS) is 1. The Bertz CT molecular complexity index is 461. The first-order chi connectivity index (χ1) is 9.08. The van der Waals surface area contributed by atoms with E-state index in [0.29, 0.717) is 19.6 Å². The van der Waals surface area contributed by atoms with E-state index in [9.17, 15) is 9.59 Å². The van der Waals surface area contributed by atoms with Crippen molar-refractivity contribution in [1.29, 1.82) is 0 Å². The maximum atomic E-state index is 12.3. The van der Waals surface area contributed by atoms with Gasteiger partial charge in [0, 0.05) is 19.6 Å². The second kappa shape index (κ2) is 5.84. The number of amides is 1. The third-order valence-corrected chi connectivity index (χ3v) is 3.44. The van der Waals surface area contributed by atoms with Gasteiger partial charge in [-0.05, 0) is 12.6 Å². The first kappa shape index (κ1) is 13.5. The lowest BCUT2D eigenvalue weighted by molar-refractivity contribution is -0.149. The fourth-order valence-electron chi connectivity index (χ4n) is 2.31. The molecule has 1 heterocycles. The van der Waals surface area contributed by atoms with Crippen LogP contribution in [0, 0.1) is 0 Å². The van der Waals surface area contributed by atoms with E-state index < -0.39 is 12.0 Å². The predicted octanol–water partition coefficient (Wildman–Crippen LogP) is 0.804. The fourth-order valence-corrected chi connectivity index (χ4v) is 2.31. The zero-order valence-electron chi connectivity index (χ0n) is 11.0. The monoisotopic (exact) mass is 262 g/mol. The zero-order valence-corrected chi connectivity index (χ0v) is 11.0. The molecule has 0 radical (unpaired) electrons. The van der Waals surface area contributed by atoms with E-state index in [1.807, 2.05) is 35.2 Å². The van der Waals surface area contributed by atoms with E-state index in [4.69, 9.17) is 5.11 Å². The van der Waals surface area contributed by atoms with E-state index in [1.165, 1.54) is 0 Å². The lowest BCUT2D eigenvalue weighted by atomic mass is 10.1. The molecule has 1 atom stereocenters. The molecule has 102 valence electrons. The molecule has 1 aliphatic rings. The molecule has 19 heavy (non-hydrogen) atoms. The quantitative estimate of drug-likeness (QED) is 0.872. The molecular weight excluding hydrogens is 244 g/mol. The summed E-state index contributed by atoms with van der Waals surface area (Å²) >= 11 is 0. The highest BCUT2D eigenvalue weighted by Gasteiger charge is 2.33. The Kier molecular flexibility index (Phi) is 4.16. The molecule has 0 aromatic heterocycles. The fraction of sp³-hybridized carbons (Fsp3) is 0.429. The Hall–Kier alpha value is -1.88. The van der Waals surface area contributed by atoms with Gasteiger partial charge in [0.1, 0.15) is 0 Å². The minimum Gasteiger partial charge on any atom is -0.481 e. The van der Waals surface area contributed by atoms with Gasteiger partial charge in [-0.3, -0.25) is 14.5 Å². The van der Waals surface area contributed by atoms with Gasteiger partial charge in [-0.2, -0.15) is 0 Å². The number of carbonyl (C=O) groups is 2. The van der Waals surface area contributed by atoms with Crippen molar-refractivity contribution < 1.29 is 14.7 Å². The van der Waals surface area contributed by atoms with Crippen LogP contribution >= 0.6 is 0 Å². The second-order valence-electron chi connectivity index (χ2n) is 4.84. The van der Waals surface area contributed by atoms with Crippen molar-refractivity contribution in [2.24, 2.45) is 0 Å². The van der Waals surface area contributed by atoms with Gasteiger partial charge in [0.25, 0.3) is 0 Å². The number of likely N-dealkylation sites (N-methyl/N-ethyl adjacent to an activating group) is 1. The van der Waals surface area contributed by atoms with Crippen molar-refractivity contribution in [3.63, 3.8) is 0 Å². The Morgan fingerprint density at radius 2 is 2.00 bits per heavy atom. The number of hydrogen-bond acceptors (Lipinski definition) is 3. The molecule has 2 rings (SSSR count). The van der Waals surface area contributed by atoms with Crippen LogP contribution in [0.25, 0.3) is 0 Å². The molecule has 1 unspecified atom stereocenters. The van der Waals surface area contributed by atoms with Crippen molar-refractivity contribution in [2.45, 2.75) is 19.0 Å². The number of carboxylic acids is 1. The summed E-state index contributed by atoms with van der Waals surface area (Å²) in [6.07, 6.45) is -0.138. The lowest BCUT2D eigenvalue weighted by Gasteiger charge is -2.38. The molecule has 1 fully saturated rings. The summed E-state index contributed by atoms with van der Waals surface area (Å²) in [4.78, 5) is 26.7. The minimum atomic E-state index is -0.938. The number of carbonyl (C=O) groups excluding carboxylic acids is 1. The van der Waals surface area contributed by atoms with Crippen molar-refractivity contribution in [1.82, 2.24) is 9.80 Å². The molecule has 0 spiro atoms. The number of rotatable bonds is 4. The second-order valence-corrected chi connectivity index (χ2v) is 4.84. The molecular formula is C14H18N2O3. The van der Waals surface area contributed by atoms with Crippen LogP contribution in [-0.2, 0) is 16.1 Å². The van der Waals surface area contributed by atoms with E-state index in [1.54, 1.807) is 11.9 Å². The molecule has 1 aliphatic heterocycles. The molecule has 0 bridgehead atoms. The summed E-state index contributed by atoms with van der Waals surface area (Å²) in [5.74, 6) is -1.04. The topological polar surface area (TPSA) is 60.9 Å². The molecule has 0 saturated carbocycles. The zero-order chi connectivity index (χ0) is 13.8. The molecule has 1 aromatic carbocycles. The Morgan fingerprint density at radius 1 is 1.32 bits per heavy atom. The maximum Gasteiger partial charge on any atom is 0.305 e. The summed E-state index contributed by atoms with van der Waals surface area (Å²) in [5.41, 5.74) is 1.06. The van der Waals surface area contributed by atoms with E-state index in [0.717, 1.165) is 5.56 Å². The van der Waals surface area contributed by atoms with Crippen LogP contribution in [0.4, 0.5) is 0 Å². The van der Waals surface area contributed by atoms with Crippen molar-refractivity contribution in [3.05, 3.63) is 35.9 Å². The van der Waals surface area contributed by atoms with Gasteiger partial charge < -0.3 is 10.0 Å². The summed E-state index contributed by atoms with van der Waals surface area (Å²) in [7, 11) is 1.80. The molecule has 1 N–H and O–H groups in total. The summed E-state index contributed by atoms with van der Waals surface area (Å²) in [5, 5.41) is 8.88. The molecule has 0 aliphatic carbocycles. The van der Waals surface area contributed by atoms with Crippen LogP contribution in [0.3, 0.4) is 0 Å². The lowest BCUT2D eigenvalue weighted by Crippen LogP contribution is -2.55. The van der Waals surface area contributed by atoms with E-state index in [-0.39, 0.29) is 12.3 Å². The normalized spacial score (nSPS) is 20.6. The van der Waals surface area contributed by atoms with Crippen LogP contribution in [0.15, 0.2) is 30.3 Å². The molecule has 1 aromatic rings. The number of benzene rings is 1. The highest BCUT2D eigenvalue weighted by atomic mass is 16.4. The van der Waals surface area contributed by atoms with Gasteiger partial charge in [-0.15, -0.1) is 0 Å². The first-order valence-corrected chi connectivity index (χ1v) is 6.32. The van der Waals surface area contributed by atoms with Crippen LogP contribution in [0.5, 0.6) is 0 Å². The predicted molar refractivity (Wildman–Crippen MR) is 70.5 cm³/mol. The summed E-state index contributed by atoms with van der Waals surface area (Å²) < 4.78 is 0. The average molecular weight is 262 g/mol. The minimum absolute atomic E-state index is 0.0972. The molecule has 1 amide bonds. The number of nitrogens with zero attached hydrogens (tertiary/aromatic N) is 2. The van der Waals surface area contributed by atoms with Crippen LogP contribution < -0.4 is 0 Å². The Labute approximate surface area is 112 Å². The third-order valence-electron chi connectivity index (χ3n) is 3.44. The molecule has 5 heteroatoms.